The molecule has 2 unspecified atom stereocenters. The SMILES string of the molecule is O=C(C1CC=CC1)N1CC2CNCC1C2. The summed E-state index contributed by atoms with van der Waals surface area (Å²) in [4.78, 5) is 14.4. The average molecular weight is 206 g/mol. The molecule has 2 atom stereocenters. The van der Waals surface area contributed by atoms with Gasteiger partial charge >= 0.3 is 0 Å². The number of nitrogens with zero attached hydrogens (tertiary/aromatic N) is 1. The Morgan fingerprint density at radius 3 is 2.80 bits per heavy atom. The quantitative estimate of drug-likeness (QED) is 0.643. The first-order valence-electron chi connectivity index (χ1n) is 6.01. The van der Waals surface area contributed by atoms with Gasteiger partial charge < -0.3 is 10.2 Å². The smallest absolute Gasteiger partial charge is 0.226 e. The standard InChI is InChI=1S/C12H18N2O/c15-12(10-3-1-2-4-10)14-8-9-5-11(14)7-13-6-9/h1-2,9-11,13H,3-8H2. The highest BCUT2D eigenvalue weighted by atomic mass is 16.2. The van der Waals surface area contributed by atoms with Gasteiger partial charge in [-0.05, 0) is 31.7 Å². The Labute approximate surface area is 90.5 Å². The largest absolute Gasteiger partial charge is 0.338 e. The minimum atomic E-state index is 0.254. The normalized spacial score (nSPS) is 35.1. The van der Waals surface area contributed by atoms with Crippen molar-refractivity contribution in [3.8, 4) is 0 Å². The van der Waals surface area contributed by atoms with Crippen LogP contribution in [0, 0.1) is 11.8 Å². The highest BCUT2D eigenvalue weighted by Crippen LogP contribution is 2.30. The second kappa shape index (κ2) is 3.63. The van der Waals surface area contributed by atoms with Gasteiger partial charge in [-0.2, -0.15) is 0 Å². The topological polar surface area (TPSA) is 32.3 Å². The van der Waals surface area contributed by atoms with Gasteiger partial charge in [0.1, 0.15) is 0 Å². The number of rotatable bonds is 1. The molecule has 2 saturated heterocycles. The Morgan fingerprint density at radius 1 is 1.27 bits per heavy atom. The van der Waals surface area contributed by atoms with Crippen LogP contribution in [0.4, 0.5) is 0 Å². The number of likely N-dealkylation sites (tertiary alicyclic amines) is 1. The van der Waals surface area contributed by atoms with Crippen LogP contribution in [0.15, 0.2) is 12.2 Å². The third-order valence-corrected chi connectivity index (χ3v) is 3.95. The van der Waals surface area contributed by atoms with Crippen LogP contribution in [0.5, 0.6) is 0 Å². The first-order chi connectivity index (χ1) is 7.34. The van der Waals surface area contributed by atoms with E-state index in [4.69, 9.17) is 0 Å². The van der Waals surface area contributed by atoms with Gasteiger partial charge in [0.05, 0.1) is 0 Å². The van der Waals surface area contributed by atoms with E-state index >= 15 is 0 Å². The Kier molecular flexibility index (Phi) is 2.28. The molecule has 2 bridgehead atoms. The van der Waals surface area contributed by atoms with E-state index < -0.39 is 0 Å². The number of fused-ring (bicyclic) bond motifs is 2. The minimum absolute atomic E-state index is 0.254. The summed E-state index contributed by atoms with van der Waals surface area (Å²) < 4.78 is 0. The van der Waals surface area contributed by atoms with E-state index in [1.54, 1.807) is 0 Å². The van der Waals surface area contributed by atoms with Gasteiger partial charge in [0, 0.05) is 25.0 Å². The summed E-state index contributed by atoms with van der Waals surface area (Å²) in [7, 11) is 0. The monoisotopic (exact) mass is 206 g/mol. The van der Waals surface area contributed by atoms with E-state index in [0.29, 0.717) is 17.9 Å². The van der Waals surface area contributed by atoms with Crippen LogP contribution in [0.2, 0.25) is 0 Å². The maximum atomic E-state index is 12.2. The number of allylic oxidation sites excluding steroid dienone is 2. The lowest BCUT2D eigenvalue weighted by Crippen LogP contribution is -2.43. The van der Waals surface area contributed by atoms with E-state index in [1.807, 2.05) is 0 Å². The fourth-order valence-electron chi connectivity index (χ4n) is 3.13. The fraction of sp³-hybridized carbons (Fsp3) is 0.750. The maximum Gasteiger partial charge on any atom is 0.226 e. The number of piperidine rings is 1. The molecule has 3 aliphatic rings. The summed E-state index contributed by atoms with van der Waals surface area (Å²) in [6.07, 6.45) is 7.42. The molecular formula is C12H18N2O. The first-order valence-corrected chi connectivity index (χ1v) is 6.01. The summed E-state index contributed by atoms with van der Waals surface area (Å²) in [6, 6.07) is 0.483. The summed E-state index contributed by atoms with van der Waals surface area (Å²) in [6.45, 7) is 3.10. The van der Waals surface area contributed by atoms with Gasteiger partial charge in [0.2, 0.25) is 5.91 Å². The zero-order valence-electron chi connectivity index (χ0n) is 8.98. The minimum Gasteiger partial charge on any atom is -0.338 e. The molecule has 0 aromatic carbocycles. The molecule has 0 saturated carbocycles. The van der Waals surface area contributed by atoms with Crippen molar-refractivity contribution in [2.75, 3.05) is 19.6 Å². The van der Waals surface area contributed by atoms with Crippen molar-refractivity contribution in [2.45, 2.75) is 25.3 Å². The second-order valence-electron chi connectivity index (χ2n) is 5.04. The Balaban J connectivity index is 1.69. The van der Waals surface area contributed by atoms with Gasteiger partial charge in [-0.15, -0.1) is 0 Å². The first kappa shape index (κ1) is 9.40. The van der Waals surface area contributed by atoms with Gasteiger partial charge in [-0.3, -0.25) is 4.79 Å². The molecule has 3 rings (SSSR count). The molecule has 2 fully saturated rings. The van der Waals surface area contributed by atoms with E-state index in [9.17, 15) is 4.79 Å². The van der Waals surface area contributed by atoms with E-state index in [-0.39, 0.29) is 5.92 Å². The molecule has 82 valence electrons. The summed E-state index contributed by atoms with van der Waals surface area (Å²) >= 11 is 0. The predicted octanol–water partition coefficient (Wildman–Crippen LogP) is 0.773. The van der Waals surface area contributed by atoms with Crippen LogP contribution in [0.1, 0.15) is 19.3 Å². The van der Waals surface area contributed by atoms with Crippen molar-refractivity contribution in [2.24, 2.45) is 11.8 Å². The van der Waals surface area contributed by atoms with Crippen molar-refractivity contribution in [3.05, 3.63) is 12.2 Å². The number of amides is 1. The molecule has 0 spiro atoms. The highest BCUT2D eigenvalue weighted by Gasteiger charge is 2.39. The Bertz CT molecular complexity index is 292. The molecule has 3 heteroatoms. The third kappa shape index (κ3) is 1.59. The molecule has 2 aliphatic heterocycles. The summed E-state index contributed by atoms with van der Waals surface area (Å²) in [5.74, 6) is 1.36. The van der Waals surface area contributed by atoms with E-state index in [0.717, 1.165) is 32.5 Å². The van der Waals surface area contributed by atoms with Crippen LogP contribution in [0.3, 0.4) is 0 Å². The predicted molar refractivity (Wildman–Crippen MR) is 58.3 cm³/mol. The summed E-state index contributed by atoms with van der Waals surface area (Å²) in [5, 5.41) is 3.41. The lowest BCUT2D eigenvalue weighted by Gasteiger charge is -2.27. The second-order valence-corrected chi connectivity index (χ2v) is 5.04. The molecule has 0 aromatic rings. The average Bonchev–Trinajstić information content (AvgIpc) is 2.86. The lowest BCUT2D eigenvalue weighted by atomic mass is 10.0. The molecule has 1 aliphatic carbocycles. The molecule has 3 nitrogen and oxygen atoms in total. The van der Waals surface area contributed by atoms with Gasteiger partial charge in [-0.1, -0.05) is 12.2 Å². The Morgan fingerprint density at radius 2 is 2.07 bits per heavy atom. The molecule has 15 heavy (non-hydrogen) atoms. The number of hydrogen-bond donors (Lipinski definition) is 1. The van der Waals surface area contributed by atoms with Crippen LogP contribution in [0.25, 0.3) is 0 Å². The van der Waals surface area contributed by atoms with Gasteiger partial charge in [0.25, 0.3) is 0 Å². The van der Waals surface area contributed by atoms with Crippen molar-refractivity contribution in [3.63, 3.8) is 0 Å². The molecule has 2 heterocycles. The molecule has 0 aromatic heterocycles. The van der Waals surface area contributed by atoms with Crippen LogP contribution in [-0.4, -0.2) is 36.5 Å². The molecule has 1 N–H and O–H groups in total. The fourth-order valence-corrected chi connectivity index (χ4v) is 3.13. The maximum absolute atomic E-state index is 12.2. The number of carbonyl (C=O) groups excluding carboxylic acids is 1. The zero-order valence-corrected chi connectivity index (χ0v) is 8.98. The van der Waals surface area contributed by atoms with Crippen molar-refractivity contribution >= 4 is 5.91 Å². The number of carbonyl (C=O) groups is 1. The molecular weight excluding hydrogens is 188 g/mol. The van der Waals surface area contributed by atoms with Gasteiger partial charge in [0.15, 0.2) is 0 Å². The molecule has 1 amide bonds. The number of nitrogens with one attached hydrogen (secondary N) is 1. The lowest BCUT2D eigenvalue weighted by molar-refractivity contribution is -0.135. The van der Waals surface area contributed by atoms with E-state index in [1.165, 1.54) is 6.42 Å². The highest BCUT2D eigenvalue weighted by molar-refractivity contribution is 5.80. The van der Waals surface area contributed by atoms with Crippen molar-refractivity contribution < 1.29 is 4.79 Å². The number of hydrogen-bond acceptors (Lipinski definition) is 2. The van der Waals surface area contributed by atoms with Crippen molar-refractivity contribution in [1.29, 1.82) is 0 Å². The van der Waals surface area contributed by atoms with Crippen LogP contribution in [-0.2, 0) is 4.79 Å². The molecule has 0 radical (unpaired) electrons. The Hall–Kier alpha value is -0.830. The van der Waals surface area contributed by atoms with Gasteiger partial charge in [-0.25, -0.2) is 0 Å². The third-order valence-electron chi connectivity index (χ3n) is 3.95. The van der Waals surface area contributed by atoms with Crippen LogP contribution < -0.4 is 5.32 Å². The van der Waals surface area contributed by atoms with Crippen LogP contribution >= 0.6 is 0 Å². The summed E-state index contributed by atoms with van der Waals surface area (Å²) in [5.41, 5.74) is 0. The van der Waals surface area contributed by atoms with Crippen molar-refractivity contribution in [1.82, 2.24) is 10.2 Å². The zero-order chi connectivity index (χ0) is 10.3. The van der Waals surface area contributed by atoms with E-state index in [2.05, 4.69) is 22.4 Å².